The second kappa shape index (κ2) is 8.19. The number of ether oxygens (including phenoxy) is 2. The lowest BCUT2D eigenvalue weighted by molar-refractivity contribution is -0.123. The molecule has 0 radical (unpaired) electrons. The van der Waals surface area contributed by atoms with Crippen molar-refractivity contribution < 1.29 is 14.3 Å². The van der Waals surface area contributed by atoms with Crippen molar-refractivity contribution in [3.05, 3.63) is 59.1 Å². The lowest BCUT2D eigenvalue weighted by atomic mass is 10.1. The third kappa shape index (κ3) is 4.72. The first-order valence-electron chi connectivity index (χ1n) is 6.95. The summed E-state index contributed by atoms with van der Waals surface area (Å²) in [5.41, 5.74) is 3.89. The minimum Gasteiger partial charge on any atom is -0.496 e. The lowest BCUT2D eigenvalue weighted by Gasteiger charge is -2.09. The minimum absolute atomic E-state index is 0.174. The fourth-order valence-corrected chi connectivity index (χ4v) is 2.08. The van der Waals surface area contributed by atoms with E-state index in [9.17, 15) is 4.79 Å². The van der Waals surface area contributed by atoms with Gasteiger partial charge in [0.05, 0.1) is 17.8 Å². The van der Waals surface area contributed by atoms with Crippen molar-refractivity contribution in [2.24, 2.45) is 5.10 Å². The summed E-state index contributed by atoms with van der Waals surface area (Å²) < 4.78 is 10.6. The van der Waals surface area contributed by atoms with Gasteiger partial charge in [0.2, 0.25) is 0 Å². The molecule has 1 N–H and O–H groups in total. The largest absolute Gasteiger partial charge is 0.496 e. The minimum atomic E-state index is -0.376. The third-order valence-corrected chi connectivity index (χ3v) is 3.35. The maximum atomic E-state index is 11.8. The van der Waals surface area contributed by atoms with Crippen molar-refractivity contribution in [2.75, 3.05) is 13.7 Å². The van der Waals surface area contributed by atoms with Crippen LogP contribution in [0.5, 0.6) is 11.5 Å². The molecule has 1 amide bonds. The van der Waals surface area contributed by atoms with Crippen LogP contribution in [0.3, 0.4) is 0 Å². The molecule has 5 nitrogen and oxygen atoms in total. The van der Waals surface area contributed by atoms with E-state index < -0.39 is 0 Å². The molecule has 0 spiro atoms. The molecule has 23 heavy (non-hydrogen) atoms. The van der Waals surface area contributed by atoms with E-state index in [0.29, 0.717) is 22.2 Å². The number of hydrazone groups is 1. The van der Waals surface area contributed by atoms with Crippen molar-refractivity contribution in [3.8, 4) is 11.5 Å². The van der Waals surface area contributed by atoms with Gasteiger partial charge in [-0.2, -0.15) is 5.10 Å². The van der Waals surface area contributed by atoms with Crippen molar-refractivity contribution >= 4 is 23.2 Å². The Hall–Kier alpha value is -2.53. The summed E-state index contributed by atoms with van der Waals surface area (Å²) in [5.74, 6) is 0.768. The van der Waals surface area contributed by atoms with Crippen LogP contribution in [0, 0.1) is 0 Å². The van der Waals surface area contributed by atoms with E-state index in [2.05, 4.69) is 10.5 Å². The average Bonchev–Trinajstić information content (AvgIpc) is 2.58. The Labute approximate surface area is 139 Å². The molecule has 2 aromatic carbocycles. The van der Waals surface area contributed by atoms with Crippen LogP contribution >= 0.6 is 11.6 Å². The quantitative estimate of drug-likeness (QED) is 0.652. The molecular weight excluding hydrogens is 316 g/mol. The van der Waals surface area contributed by atoms with Crippen LogP contribution in [-0.2, 0) is 4.79 Å². The highest BCUT2D eigenvalue weighted by atomic mass is 35.5. The fourth-order valence-electron chi connectivity index (χ4n) is 1.89. The Morgan fingerprint density at radius 3 is 2.48 bits per heavy atom. The van der Waals surface area contributed by atoms with Gasteiger partial charge in [-0.05, 0) is 31.2 Å². The van der Waals surface area contributed by atoms with E-state index in [1.54, 1.807) is 38.3 Å². The van der Waals surface area contributed by atoms with Crippen molar-refractivity contribution in [1.82, 2.24) is 5.43 Å². The highest BCUT2D eigenvalue weighted by molar-refractivity contribution is 6.32. The number of benzene rings is 2. The number of carbonyl (C=O) groups excluding carboxylic acids is 1. The van der Waals surface area contributed by atoms with Gasteiger partial charge in [-0.1, -0.05) is 35.9 Å². The molecule has 0 aliphatic rings. The monoisotopic (exact) mass is 332 g/mol. The molecule has 0 fully saturated rings. The average molecular weight is 333 g/mol. The summed E-state index contributed by atoms with van der Waals surface area (Å²) in [6.07, 6.45) is 0. The number of nitrogens with one attached hydrogen (secondary N) is 1. The Morgan fingerprint density at radius 1 is 1.13 bits per heavy atom. The van der Waals surface area contributed by atoms with E-state index in [1.165, 1.54) is 0 Å². The highest BCUT2D eigenvalue weighted by Gasteiger charge is 2.07. The first-order chi connectivity index (χ1) is 11.1. The first kappa shape index (κ1) is 16.8. The topological polar surface area (TPSA) is 59.9 Å². The van der Waals surface area contributed by atoms with Crippen LogP contribution in [0.15, 0.2) is 53.6 Å². The van der Waals surface area contributed by atoms with Gasteiger partial charge in [-0.15, -0.1) is 0 Å². The molecule has 0 saturated heterocycles. The number of hydrogen-bond acceptors (Lipinski definition) is 4. The molecule has 0 aliphatic carbocycles. The van der Waals surface area contributed by atoms with E-state index in [4.69, 9.17) is 21.1 Å². The maximum Gasteiger partial charge on any atom is 0.277 e. The SMILES string of the molecule is COc1ccccc1/C(C)=N\NC(=O)COc1ccccc1Cl. The second-order valence-electron chi connectivity index (χ2n) is 4.65. The number of halogens is 1. The summed E-state index contributed by atoms with van der Waals surface area (Å²) in [6.45, 7) is 1.61. The molecule has 0 heterocycles. The summed E-state index contributed by atoms with van der Waals surface area (Å²) >= 11 is 5.95. The molecule has 0 saturated carbocycles. The molecule has 6 heteroatoms. The van der Waals surface area contributed by atoms with Crippen LogP contribution < -0.4 is 14.9 Å². The molecule has 2 aromatic rings. The van der Waals surface area contributed by atoms with Gasteiger partial charge in [0.15, 0.2) is 6.61 Å². The van der Waals surface area contributed by atoms with Crippen molar-refractivity contribution in [2.45, 2.75) is 6.92 Å². The van der Waals surface area contributed by atoms with Gasteiger partial charge >= 0.3 is 0 Å². The Balaban J connectivity index is 1.94. The van der Waals surface area contributed by atoms with Gasteiger partial charge in [0, 0.05) is 5.56 Å². The van der Waals surface area contributed by atoms with Crippen molar-refractivity contribution in [3.63, 3.8) is 0 Å². The highest BCUT2D eigenvalue weighted by Crippen LogP contribution is 2.22. The number of rotatable bonds is 6. The van der Waals surface area contributed by atoms with Crippen molar-refractivity contribution in [1.29, 1.82) is 0 Å². The zero-order valence-electron chi connectivity index (χ0n) is 12.9. The number of para-hydroxylation sites is 2. The second-order valence-corrected chi connectivity index (χ2v) is 5.06. The van der Waals surface area contributed by atoms with E-state index in [0.717, 1.165) is 5.56 Å². The summed E-state index contributed by atoms with van der Waals surface area (Å²) in [7, 11) is 1.59. The lowest BCUT2D eigenvalue weighted by Crippen LogP contribution is -2.25. The molecule has 120 valence electrons. The normalized spacial score (nSPS) is 11.0. The maximum absolute atomic E-state index is 11.8. The van der Waals surface area contributed by atoms with Crippen LogP contribution in [0.4, 0.5) is 0 Å². The number of methoxy groups -OCH3 is 1. The zero-order chi connectivity index (χ0) is 16.7. The number of amides is 1. The fraction of sp³-hybridized carbons (Fsp3) is 0.176. The van der Waals surface area contributed by atoms with Gasteiger partial charge in [0.1, 0.15) is 11.5 Å². The molecule has 0 atom stereocenters. The van der Waals surface area contributed by atoms with Crippen LogP contribution in [0.25, 0.3) is 0 Å². The smallest absolute Gasteiger partial charge is 0.277 e. The van der Waals surface area contributed by atoms with E-state index in [-0.39, 0.29) is 12.5 Å². The summed E-state index contributed by atoms with van der Waals surface area (Å²) in [6, 6.07) is 14.4. The molecule has 0 bridgehead atoms. The molecule has 0 unspecified atom stereocenters. The van der Waals surface area contributed by atoms with Gasteiger partial charge < -0.3 is 9.47 Å². The van der Waals surface area contributed by atoms with Gasteiger partial charge in [-0.25, -0.2) is 5.43 Å². The van der Waals surface area contributed by atoms with Gasteiger partial charge in [0.25, 0.3) is 5.91 Å². The number of nitrogens with zero attached hydrogens (tertiary/aromatic N) is 1. The summed E-state index contributed by atoms with van der Waals surface area (Å²) in [4.78, 5) is 11.8. The predicted molar refractivity (Wildman–Crippen MR) is 90.3 cm³/mol. The Bertz CT molecular complexity index is 716. The predicted octanol–water partition coefficient (Wildman–Crippen LogP) is 3.27. The first-order valence-corrected chi connectivity index (χ1v) is 7.33. The van der Waals surface area contributed by atoms with Crippen LogP contribution in [0.2, 0.25) is 5.02 Å². The molecule has 2 rings (SSSR count). The van der Waals surface area contributed by atoms with Crippen LogP contribution in [0.1, 0.15) is 12.5 Å². The Morgan fingerprint density at radius 2 is 1.78 bits per heavy atom. The van der Waals surface area contributed by atoms with E-state index in [1.807, 2.05) is 24.3 Å². The zero-order valence-corrected chi connectivity index (χ0v) is 13.6. The van der Waals surface area contributed by atoms with Gasteiger partial charge in [-0.3, -0.25) is 4.79 Å². The van der Waals surface area contributed by atoms with E-state index >= 15 is 0 Å². The molecule has 0 aliphatic heterocycles. The molecular formula is C17H17ClN2O3. The molecule has 0 aromatic heterocycles. The summed E-state index contributed by atoms with van der Waals surface area (Å²) in [5, 5.41) is 4.51. The Kier molecular flexibility index (Phi) is 6.00. The third-order valence-electron chi connectivity index (χ3n) is 3.04. The number of hydrogen-bond donors (Lipinski definition) is 1. The van der Waals surface area contributed by atoms with Crippen LogP contribution in [-0.4, -0.2) is 25.3 Å². The standard InChI is InChI=1S/C17H17ClN2O3/c1-12(13-7-3-5-9-15(13)22-2)19-20-17(21)11-23-16-10-6-4-8-14(16)18/h3-10H,11H2,1-2H3,(H,20,21)/b19-12-. The number of carbonyl (C=O) groups is 1.